The van der Waals surface area contributed by atoms with Crippen molar-refractivity contribution in [1.29, 1.82) is 0 Å². The van der Waals surface area contributed by atoms with Crippen LogP contribution in [0.3, 0.4) is 0 Å². The van der Waals surface area contributed by atoms with Crippen LogP contribution in [0.1, 0.15) is 24.6 Å². The highest BCUT2D eigenvalue weighted by molar-refractivity contribution is 6.30. The lowest BCUT2D eigenvalue weighted by molar-refractivity contribution is -0.135. The van der Waals surface area contributed by atoms with E-state index in [9.17, 15) is 4.79 Å². The molecule has 4 saturated heterocycles. The average molecular weight is 306 g/mol. The summed E-state index contributed by atoms with van der Waals surface area (Å²) in [5, 5.41) is 4.08. The maximum atomic E-state index is 12.4. The molecule has 5 heteroatoms. The van der Waals surface area contributed by atoms with E-state index in [0.29, 0.717) is 18.5 Å². The van der Waals surface area contributed by atoms with Gasteiger partial charge in [-0.25, -0.2) is 0 Å². The van der Waals surface area contributed by atoms with E-state index >= 15 is 0 Å². The Morgan fingerprint density at radius 1 is 1.24 bits per heavy atom. The Bertz CT molecular complexity index is 556. The van der Waals surface area contributed by atoms with Gasteiger partial charge in [-0.3, -0.25) is 10.1 Å². The van der Waals surface area contributed by atoms with Crippen molar-refractivity contribution in [3.8, 4) is 0 Å². The van der Waals surface area contributed by atoms with E-state index < -0.39 is 0 Å². The number of hydrogen-bond acceptors (Lipinski definition) is 3. The lowest BCUT2D eigenvalue weighted by Gasteiger charge is -2.49. The van der Waals surface area contributed by atoms with Crippen LogP contribution in [0, 0.1) is 5.92 Å². The number of carbonyl (C=O) groups excluding carboxylic acids is 1. The minimum atomic E-state index is -0.0262. The molecule has 1 aromatic rings. The molecule has 2 bridgehead atoms. The van der Waals surface area contributed by atoms with Gasteiger partial charge in [0, 0.05) is 17.6 Å². The van der Waals surface area contributed by atoms with Crippen LogP contribution >= 0.6 is 11.6 Å². The molecule has 2 atom stereocenters. The molecule has 0 saturated carbocycles. The van der Waals surface area contributed by atoms with Gasteiger partial charge >= 0.3 is 0 Å². The van der Waals surface area contributed by atoms with Crippen LogP contribution in [-0.2, 0) is 4.79 Å². The van der Waals surface area contributed by atoms with E-state index in [1.807, 2.05) is 18.2 Å². The fourth-order valence-corrected chi connectivity index (χ4v) is 4.30. The summed E-state index contributed by atoms with van der Waals surface area (Å²) in [6.45, 7) is 3.84. The highest BCUT2D eigenvalue weighted by Crippen LogP contribution is 2.36. The molecule has 4 heterocycles. The first-order valence-electron chi connectivity index (χ1n) is 7.75. The van der Waals surface area contributed by atoms with Crippen LogP contribution in [0.25, 0.3) is 0 Å². The number of nitrogens with one attached hydrogen (secondary N) is 1. The van der Waals surface area contributed by atoms with Gasteiger partial charge < -0.3 is 9.80 Å². The Balaban J connectivity index is 1.64. The summed E-state index contributed by atoms with van der Waals surface area (Å²) in [5.74, 6) is 0.874. The molecule has 4 nitrogen and oxygen atoms in total. The Hall–Kier alpha value is -1.10. The fourth-order valence-electron chi connectivity index (χ4n) is 4.10. The standard InChI is InChI=1S/C16H20ClN3O/c17-13-3-1-2-12(8-13)16-18-9-15(21)20(16)14-10-19-6-4-11(14)5-7-19/h1-3,8,11,14,16,18H,4-7,9-10H2. The van der Waals surface area contributed by atoms with E-state index in [1.165, 1.54) is 25.9 Å². The molecular weight excluding hydrogens is 286 g/mol. The molecule has 0 spiro atoms. The monoisotopic (exact) mass is 305 g/mol. The minimum absolute atomic E-state index is 0.0262. The summed E-state index contributed by atoms with van der Waals surface area (Å²) in [6, 6.07) is 8.19. The smallest absolute Gasteiger partial charge is 0.238 e. The van der Waals surface area contributed by atoms with Gasteiger partial charge in [-0.1, -0.05) is 23.7 Å². The van der Waals surface area contributed by atoms with Crippen LogP contribution in [0.5, 0.6) is 0 Å². The van der Waals surface area contributed by atoms with Crippen molar-refractivity contribution in [3.63, 3.8) is 0 Å². The van der Waals surface area contributed by atoms with E-state index in [0.717, 1.165) is 17.1 Å². The molecule has 2 unspecified atom stereocenters. The zero-order chi connectivity index (χ0) is 14.4. The van der Waals surface area contributed by atoms with Gasteiger partial charge in [-0.15, -0.1) is 0 Å². The first kappa shape index (κ1) is 13.6. The first-order valence-corrected chi connectivity index (χ1v) is 8.12. The molecule has 5 rings (SSSR count). The van der Waals surface area contributed by atoms with E-state index in [-0.39, 0.29) is 12.1 Å². The molecule has 21 heavy (non-hydrogen) atoms. The van der Waals surface area contributed by atoms with Gasteiger partial charge in [0.05, 0.1) is 6.54 Å². The van der Waals surface area contributed by atoms with Crippen LogP contribution in [0.15, 0.2) is 24.3 Å². The summed E-state index contributed by atoms with van der Waals surface area (Å²) >= 11 is 6.12. The third kappa shape index (κ3) is 2.35. The Labute approximate surface area is 130 Å². The number of amides is 1. The lowest BCUT2D eigenvalue weighted by Crippen LogP contribution is -2.58. The number of halogens is 1. The van der Waals surface area contributed by atoms with Gasteiger partial charge in [-0.05, 0) is 49.5 Å². The van der Waals surface area contributed by atoms with Crippen molar-refractivity contribution >= 4 is 17.5 Å². The molecule has 0 aromatic heterocycles. The predicted molar refractivity (Wildman–Crippen MR) is 82.0 cm³/mol. The minimum Gasteiger partial charge on any atom is -0.317 e. The Morgan fingerprint density at radius 3 is 2.71 bits per heavy atom. The van der Waals surface area contributed by atoms with E-state index in [4.69, 9.17) is 11.6 Å². The van der Waals surface area contributed by atoms with Crippen LogP contribution in [0.2, 0.25) is 5.02 Å². The summed E-state index contributed by atoms with van der Waals surface area (Å²) in [6.07, 6.45) is 2.41. The predicted octanol–water partition coefficient (Wildman–Crippen LogP) is 1.86. The van der Waals surface area contributed by atoms with E-state index in [2.05, 4.69) is 21.2 Å². The molecule has 1 N–H and O–H groups in total. The molecule has 4 aliphatic rings. The molecule has 4 aliphatic heterocycles. The van der Waals surface area contributed by atoms with Crippen LogP contribution in [-0.4, -0.2) is 47.9 Å². The largest absolute Gasteiger partial charge is 0.317 e. The van der Waals surface area contributed by atoms with Crippen molar-refractivity contribution in [2.45, 2.75) is 25.0 Å². The van der Waals surface area contributed by atoms with Crippen LogP contribution in [0.4, 0.5) is 0 Å². The van der Waals surface area contributed by atoms with Crippen molar-refractivity contribution in [3.05, 3.63) is 34.9 Å². The second kappa shape index (κ2) is 5.27. The molecular formula is C16H20ClN3O. The third-order valence-corrected chi connectivity index (χ3v) is 5.39. The number of fused-ring (bicyclic) bond motifs is 3. The fraction of sp³-hybridized carbons (Fsp3) is 0.562. The summed E-state index contributed by atoms with van der Waals surface area (Å²) < 4.78 is 0. The molecule has 0 aliphatic carbocycles. The molecule has 112 valence electrons. The number of piperidine rings is 3. The number of hydrogen-bond donors (Lipinski definition) is 1. The van der Waals surface area contributed by atoms with Crippen LogP contribution < -0.4 is 5.32 Å². The summed E-state index contributed by atoms with van der Waals surface area (Å²) in [7, 11) is 0. The Morgan fingerprint density at radius 2 is 2.05 bits per heavy atom. The second-order valence-electron chi connectivity index (χ2n) is 6.34. The summed E-state index contributed by atoms with van der Waals surface area (Å²) in [5.41, 5.74) is 1.09. The van der Waals surface area contributed by atoms with Gasteiger partial charge in [0.2, 0.25) is 5.91 Å². The normalized spacial score (nSPS) is 35.5. The van der Waals surface area contributed by atoms with Crippen molar-refractivity contribution in [1.82, 2.24) is 15.1 Å². The molecule has 1 aromatic carbocycles. The maximum Gasteiger partial charge on any atom is 0.238 e. The lowest BCUT2D eigenvalue weighted by atomic mass is 9.83. The Kier molecular flexibility index (Phi) is 3.40. The molecule has 4 fully saturated rings. The zero-order valence-electron chi connectivity index (χ0n) is 12.0. The molecule has 1 amide bonds. The number of rotatable bonds is 2. The second-order valence-corrected chi connectivity index (χ2v) is 6.78. The van der Waals surface area contributed by atoms with Crippen molar-refractivity contribution < 1.29 is 4.79 Å². The molecule has 0 radical (unpaired) electrons. The highest BCUT2D eigenvalue weighted by Gasteiger charge is 2.44. The van der Waals surface area contributed by atoms with Crippen molar-refractivity contribution in [2.75, 3.05) is 26.2 Å². The first-order chi connectivity index (χ1) is 10.2. The van der Waals surface area contributed by atoms with Gasteiger partial charge in [-0.2, -0.15) is 0 Å². The van der Waals surface area contributed by atoms with E-state index in [1.54, 1.807) is 0 Å². The van der Waals surface area contributed by atoms with Gasteiger partial charge in [0.1, 0.15) is 6.17 Å². The summed E-state index contributed by atoms with van der Waals surface area (Å²) in [4.78, 5) is 17.0. The van der Waals surface area contributed by atoms with Crippen molar-refractivity contribution in [2.24, 2.45) is 5.92 Å². The number of carbonyl (C=O) groups is 1. The topological polar surface area (TPSA) is 35.6 Å². The van der Waals surface area contributed by atoms with Gasteiger partial charge in [0.25, 0.3) is 0 Å². The third-order valence-electron chi connectivity index (χ3n) is 5.16. The van der Waals surface area contributed by atoms with Gasteiger partial charge in [0.15, 0.2) is 0 Å². The SMILES string of the molecule is O=C1CNC(c2cccc(Cl)c2)N1C1CN2CCC1CC2. The maximum absolute atomic E-state index is 12.4. The zero-order valence-corrected chi connectivity index (χ0v) is 12.7. The highest BCUT2D eigenvalue weighted by atomic mass is 35.5. The quantitative estimate of drug-likeness (QED) is 0.906. The number of nitrogens with zero attached hydrogens (tertiary/aromatic N) is 2. The average Bonchev–Trinajstić information content (AvgIpc) is 2.90. The number of benzene rings is 1.